The lowest BCUT2D eigenvalue weighted by molar-refractivity contribution is 0.0336. The largest absolute Gasteiger partial charge is 0.372 e. The predicted octanol–water partition coefficient (Wildman–Crippen LogP) is 4.16. The highest BCUT2D eigenvalue weighted by atomic mass is 79.9. The van der Waals surface area contributed by atoms with E-state index in [0.29, 0.717) is 12.0 Å². The fourth-order valence-electron chi connectivity index (χ4n) is 1.65. The number of ether oxygens (including phenoxy) is 1. The van der Waals surface area contributed by atoms with Crippen molar-refractivity contribution >= 4 is 15.9 Å². The molecule has 0 aliphatic heterocycles. The topological polar surface area (TPSA) is 21.3 Å². The van der Waals surface area contributed by atoms with Gasteiger partial charge in [-0.1, -0.05) is 61.8 Å². The van der Waals surface area contributed by atoms with Gasteiger partial charge in [0.2, 0.25) is 0 Å². The summed E-state index contributed by atoms with van der Waals surface area (Å²) >= 11 is 3.60. The first-order chi connectivity index (χ1) is 8.50. The van der Waals surface area contributed by atoms with Gasteiger partial charge in [0.05, 0.1) is 6.10 Å². The fourth-order valence-corrected chi connectivity index (χ4v) is 2.19. The molecule has 0 fully saturated rings. The van der Waals surface area contributed by atoms with E-state index in [-0.39, 0.29) is 6.10 Å². The first-order valence-electron chi connectivity index (χ1n) is 6.60. The molecular weight excluding hydrogens is 290 g/mol. The molecule has 0 amide bonds. The molecule has 0 saturated heterocycles. The first kappa shape index (κ1) is 15.7. The second-order valence-corrected chi connectivity index (χ2v) is 6.15. The van der Waals surface area contributed by atoms with Crippen LogP contribution in [0.4, 0.5) is 0 Å². The lowest BCUT2D eigenvalue weighted by Gasteiger charge is -2.22. The average molecular weight is 314 g/mol. The molecule has 0 aliphatic rings. The molecule has 0 radical (unpaired) electrons. The molecule has 1 rings (SSSR count). The molecule has 0 aliphatic carbocycles. The number of hydrogen-bond donors (Lipinski definition) is 1. The maximum atomic E-state index is 6.03. The maximum absolute atomic E-state index is 6.03. The first-order valence-corrected chi connectivity index (χ1v) is 7.39. The third kappa shape index (κ3) is 5.51. The van der Waals surface area contributed by atoms with E-state index in [1.807, 2.05) is 6.07 Å². The molecule has 0 heterocycles. The van der Waals surface area contributed by atoms with Gasteiger partial charge in [-0.15, -0.1) is 0 Å². The summed E-state index contributed by atoms with van der Waals surface area (Å²) in [6.07, 6.45) is 0.102. The van der Waals surface area contributed by atoms with Gasteiger partial charge < -0.3 is 10.1 Å². The minimum Gasteiger partial charge on any atom is -0.372 e. The smallest absolute Gasteiger partial charge is 0.0960 e. The lowest BCUT2D eigenvalue weighted by atomic mass is 10.1. The summed E-state index contributed by atoms with van der Waals surface area (Å²) in [5.74, 6) is 0.550. The number of hydrogen-bond acceptors (Lipinski definition) is 2. The SMILES string of the molecule is CC(C)COC(CNC(C)C)c1ccccc1Br. The zero-order valence-electron chi connectivity index (χ0n) is 11.7. The molecule has 3 heteroatoms. The molecule has 0 saturated carbocycles. The summed E-state index contributed by atoms with van der Waals surface area (Å²) < 4.78 is 7.14. The normalized spacial score (nSPS) is 13.3. The van der Waals surface area contributed by atoms with E-state index in [2.05, 4.69) is 67.1 Å². The highest BCUT2D eigenvalue weighted by Crippen LogP contribution is 2.26. The Hall–Kier alpha value is -0.380. The molecule has 2 nitrogen and oxygen atoms in total. The Morgan fingerprint density at radius 2 is 1.83 bits per heavy atom. The highest BCUT2D eigenvalue weighted by Gasteiger charge is 2.15. The Labute approximate surface area is 119 Å². The van der Waals surface area contributed by atoms with Crippen LogP contribution in [0.3, 0.4) is 0 Å². The maximum Gasteiger partial charge on any atom is 0.0960 e. The van der Waals surface area contributed by atoms with Crippen LogP contribution >= 0.6 is 15.9 Å². The van der Waals surface area contributed by atoms with Gasteiger partial charge in [0, 0.05) is 23.7 Å². The van der Waals surface area contributed by atoms with E-state index >= 15 is 0 Å². The van der Waals surface area contributed by atoms with Crippen LogP contribution in [0.2, 0.25) is 0 Å². The number of nitrogens with one attached hydrogen (secondary N) is 1. The van der Waals surface area contributed by atoms with Crippen molar-refractivity contribution in [3.8, 4) is 0 Å². The van der Waals surface area contributed by atoms with Crippen molar-refractivity contribution in [1.82, 2.24) is 5.32 Å². The summed E-state index contributed by atoms with van der Waals surface area (Å²) in [6, 6.07) is 8.75. The molecule has 0 spiro atoms. The van der Waals surface area contributed by atoms with Gasteiger partial charge >= 0.3 is 0 Å². The van der Waals surface area contributed by atoms with Gasteiger partial charge in [-0.2, -0.15) is 0 Å². The van der Waals surface area contributed by atoms with Crippen LogP contribution in [0.1, 0.15) is 39.4 Å². The Balaban J connectivity index is 2.73. The van der Waals surface area contributed by atoms with Crippen LogP contribution in [0.25, 0.3) is 0 Å². The third-order valence-electron chi connectivity index (χ3n) is 2.59. The number of benzene rings is 1. The van der Waals surface area contributed by atoms with Crippen LogP contribution in [0, 0.1) is 5.92 Å². The zero-order valence-corrected chi connectivity index (χ0v) is 13.3. The molecule has 102 valence electrons. The minimum atomic E-state index is 0.102. The van der Waals surface area contributed by atoms with Crippen LogP contribution in [0.5, 0.6) is 0 Å². The van der Waals surface area contributed by atoms with E-state index in [0.717, 1.165) is 17.6 Å². The predicted molar refractivity (Wildman–Crippen MR) is 80.8 cm³/mol. The standard InChI is InChI=1S/C15H24BrNO/c1-11(2)10-18-15(9-17-12(3)4)13-7-5-6-8-14(13)16/h5-8,11-12,15,17H,9-10H2,1-4H3. The summed E-state index contributed by atoms with van der Waals surface area (Å²) in [5, 5.41) is 3.45. The summed E-state index contributed by atoms with van der Waals surface area (Å²) in [5.41, 5.74) is 1.21. The van der Waals surface area contributed by atoms with Crippen LogP contribution in [-0.4, -0.2) is 19.2 Å². The lowest BCUT2D eigenvalue weighted by Crippen LogP contribution is -2.30. The molecule has 0 aromatic heterocycles. The average Bonchev–Trinajstić information content (AvgIpc) is 2.30. The van der Waals surface area contributed by atoms with Crippen molar-refractivity contribution in [3.63, 3.8) is 0 Å². The van der Waals surface area contributed by atoms with Gasteiger partial charge in [0.1, 0.15) is 0 Å². The Kier molecular flexibility index (Phi) is 6.90. The molecule has 1 aromatic carbocycles. The van der Waals surface area contributed by atoms with E-state index in [9.17, 15) is 0 Å². The van der Waals surface area contributed by atoms with Crippen LogP contribution < -0.4 is 5.32 Å². The second kappa shape index (κ2) is 7.93. The zero-order chi connectivity index (χ0) is 13.5. The second-order valence-electron chi connectivity index (χ2n) is 5.30. The third-order valence-corrected chi connectivity index (χ3v) is 3.32. The number of rotatable bonds is 7. The van der Waals surface area contributed by atoms with Crippen molar-refractivity contribution in [2.75, 3.05) is 13.2 Å². The van der Waals surface area contributed by atoms with Crippen molar-refractivity contribution in [2.45, 2.75) is 39.8 Å². The molecular formula is C15H24BrNO. The van der Waals surface area contributed by atoms with E-state index in [1.165, 1.54) is 5.56 Å². The van der Waals surface area contributed by atoms with Crippen molar-refractivity contribution in [1.29, 1.82) is 0 Å². The van der Waals surface area contributed by atoms with Gasteiger partial charge in [-0.3, -0.25) is 0 Å². The highest BCUT2D eigenvalue weighted by molar-refractivity contribution is 9.10. The van der Waals surface area contributed by atoms with E-state index < -0.39 is 0 Å². The fraction of sp³-hybridized carbons (Fsp3) is 0.600. The molecule has 18 heavy (non-hydrogen) atoms. The van der Waals surface area contributed by atoms with E-state index in [1.54, 1.807) is 0 Å². The molecule has 1 atom stereocenters. The van der Waals surface area contributed by atoms with Crippen molar-refractivity contribution in [3.05, 3.63) is 34.3 Å². The summed E-state index contributed by atoms with van der Waals surface area (Å²) in [7, 11) is 0. The molecule has 1 unspecified atom stereocenters. The van der Waals surface area contributed by atoms with Gasteiger partial charge in [-0.05, 0) is 17.5 Å². The molecule has 1 N–H and O–H groups in total. The van der Waals surface area contributed by atoms with E-state index in [4.69, 9.17) is 4.74 Å². The summed E-state index contributed by atoms with van der Waals surface area (Å²) in [4.78, 5) is 0. The Morgan fingerprint density at radius 1 is 1.17 bits per heavy atom. The molecule has 1 aromatic rings. The van der Waals surface area contributed by atoms with Gasteiger partial charge in [0.25, 0.3) is 0 Å². The minimum absolute atomic E-state index is 0.102. The summed E-state index contributed by atoms with van der Waals surface area (Å²) in [6.45, 7) is 10.3. The van der Waals surface area contributed by atoms with Gasteiger partial charge in [0.15, 0.2) is 0 Å². The quantitative estimate of drug-likeness (QED) is 0.816. The van der Waals surface area contributed by atoms with Gasteiger partial charge in [-0.25, -0.2) is 0 Å². The molecule has 0 bridgehead atoms. The Morgan fingerprint density at radius 3 is 2.39 bits per heavy atom. The Bertz CT molecular complexity index is 340. The monoisotopic (exact) mass is 313 g/mol. The number of halogens is 1. The van der Waals surface area contributed by atoms with Crippen LogP contribution in [0.15, 0.2) is 28.7 Å². The van der Waals surface area contributed by atoms with Crippen molar-refractivity contribution in [2.24, 2.45) is 5.92 Å². The van der Waals surface area contributed by atoms with Crippen LogP contribution in [-0.2, 0) is 4.74 Å². The van der Waals surface area contributed by atoms with Crippen molar-refractivity contribution < 1.29 is 4.74 Å².